The number of hydrogen-bond donors (Lipinski definition) is 2. The van der Waals surface area contributed by atoms with E-state index in [0.717, 1.165) is 5.56 Å². The van der Waals surface area contributed by atoms with E-state index in [0.29, 0.717) is 6.54 Å². The van der Waals surface area contributed by atoms with Gasteiger partial charge >= 0.3 is 0 Å². The molecular weight excluding hydrogens is 214 g/mol. The van der Waals surface area contributed by atoms with E-state index in [2.05, 4.69) is 11.4 Å². The van der Waals surface area contributed by atoms with Crippen LogP contribution in [0, 0.1) is 17.2 Å². The second-order valence-electron chi connectivity index (χ2n) is 3.97. The van der Waals surface area contributed by atoms with E-state index in [1.54, 1.807) is 6.92 Å². The highest BCUT2D eigenvalue weighted by atomic mass is 16.1. The third kappa shape index (κ3) is 3.89. The van der Waals surface area contributed by atoms with Crippen molar-refractivity contribution in [3.63, 3.8) is 0 Å². The number of nitrogens with two attached hydrogens (primary N) is 1. The summed E-state index contributed by atoms with van der Waals surface area (Å²) < 4.78 is 0. The van der Waals surface area contributed by atoms with Gasteiger partial charge in [-0.3, -0.25) is 4.79 Å². The zero-order valence-corrected chi connectivity index (χ0v) is 9.89. The molecule has 0 radical (unpaired) electrons. The van der Waals surface area contributed by atoms with Gasteiger partial charge in [-0.2, -0.15) is 5.26 Å². The first-order valence-corrected chi connectivity index (χ1v) is 5.61. The average Bonchev–Trinajstić information content (AvgIpc) is 2.38. The van der Waals surface area contributed by atoms with Crippen LogP contribution in [0.3, 0.4) is 0 Å². The SMILES string of the molecule is CC(C#N)CNC(=O)C(CN)c1ccccc1. The van der Waals surface area contributed by atoms with Crippen molar-refractivity contribution in [2.24, 2.45) is 11.7 Å². The minimum atomic E-state index is -0.345. The number of rotatable bonds is 5. The number of nitrogens with zero attached hydrogens (tertiary/aromatic N) is 1. The van der Waals surface area contributed by atoms with Gasteiger partial charge in [0, 0.05) is 13.1 Å². The monoisotopic (exact) mass is 231 g/mol. The van der Waals surface area contributed by atoms with E-state index in [4.69, 9.17) is 11.0 Å². The Morgan fingerprint density at radius 2 is 2.12 bits per heavy atom. The second kappa shape index (κ2) is 6.66. The fourth-order valence-corrected chi connectivity index (χ4v) is 1.50. The molecular formula is C13H17N3O. The molecule has 0 saturated carbocycles. The first-order chi connectivity index (χ1) is 8.19. The van der Waals surface area contributed by atoms with Gasteiger partial charge < -0.3 is 11.1 Å². The Morgan fingerprint density at radius 1 is 1.47 bits per heavy atom. The molecule has 0 fully saturated rings. The van der Waals surface area contributed by atoms with Crippen molar-refractivity contribution in [2.75, 3.05) is 13.1 Å². The van der Waals surface area contributed by atoms with Gasteiger partial charge in [-0.05, 0) is 12.5 Å². The van der Waals surface area contributed by atoms with Gasteiger partial charge in [0.05, 0.1) is 17.9 Å². The summed E-state index contributed by atoms with van der Waals surface area (Å²) in [5, 5.41) is 11.4. The van der Waals surface area contributed by atoms with Crippen molar-refractivity contribution >= 4 is 5.91 Å². The number of carbonyl (C=O) groups is 1. The maximum absolute atomic E-state index is 11.9. The van der Waals surface area contributed by atoms with Crippen LogP contribution in [0.2, 0.25) is 0 Å². The number of benzene rings is 1. The molecule has 0 aliphatic rings. The van der Waals surface area contributed by atoms with Crippen LogP contribution in [0.25, 0.3) is 0 Å². The number of nitrogens with one attached hydrogen (secondary N) is 1. The first kappa shape index (κ1) is 13.2. The summed E-state index contributed by atoms with van der Waals surface area (Å²) in [6.07, 6.45) is 0. The highest BCUT2D eigenvalue weighted by Crippen LogP contribution is 2.14. The molecule has 0 aliphatic heterocycles. The van der Waals surface area contributed by atoms with E-state index in [1.165, 1.54) is 0 Å². The van der Waals surface area contributed by atoms with Gasteiger partial charge in [0.1, 0.15) is 0 Å². The van der Waals surface area contributed by atoms with Crippen LogP contribution in [0.1, 0.15) is 18.4 Å². The zero-order valence-electron chi connectivity index (χ0n) is 9.89. The third-order valence-corrected chi connectivity index (χ3v) is 2.56. The first-order valence-electron chi connectivity index (χ1n) is 5.61. The topological polar surface area (TPSA) is 78.9 Å². The van der Waals surface area contributed by atoms with Crippen molar-refractivity contribution in [1.82, 2.24) is 5.32 Å². The molecule has 2 unspecified atom stereocenters. The molecule has 90 valence electrons. The lowest BCUT2D eigenvalue weighted by Crippen LogP contribution is -2.35. The van der Waals surface area contributed by atoms with Gasteiger partial charge in [0.15, 0.2) is 0 Å². The normalized spacial score (nSPS) is 13.5. The fraction of sp³-hybridized carbons (Fsp3) is 0.385. The van der Waals surface area contributed by atoms with Crippen molar-refractivity contribution in [3.8, 4) is 6.07 Å². The zero-order chi connectivity index (χ0) is 12.7. The van der Waals surface area contributed by atoms with Crippen LogP contribution < -0.4 is 11.1 Å². The highest BCUT2D eigenvalue weighted by Gasteiger charge is 2.18. The summed E-state index contributed by atoms with van der Waals surface area (Å²) in [5.74, 6) is -0.656. The van der Waals surface area contributed by atoms with E-state index >= 15 is 0 Å². The molecule has 0 bridgehead atoms. The van der Waals surface area contributed by atoms with Crippen molar-refractivity contribution in [1.29, 1.82) is 5.26 Å². The Labute approximate surface area is 101 Å². The molecule has 2 atom stereocenters. The summed E-state index contributed by atoms with van der Waals surface area (Å²) in [7, 11) is 0. The Morgan fingerprint density at radius 3 is 2.65 bits per heavy atom. The average molecular weight is 231 g/mol. The van der Waals surface area contributed by atoms with Crippen LogP contribution >= 0.6 is 0 Å². The van der Waals surface area contributed by atoms with Gasteiger partial charge in [-0.25, -0.2) is 0 Å². The van der Waals surface area contributed by atoms with Gasteiger partial charge in [-0.15, -0.1) is 0 Å². The molecule has 0 saturated heterocycles. The predicted octanol–water partition coefficient (Wildman–Crippen LogP) is 1.00. The number of nitriles is 1. The lowest BCUT2D eigenvalue weighted by molar-refractivity contribution is -0.122. The number of hydrogen-bond acceptors (Lipinski definition) is 3. The summed E-state index contributed by atoms with van der Waals surface area (Å²) >= 11 is 0. The highest BCUT2D eigenvalue weighted by molar-refractivity contribution is 5.83. The maximum atomic E-state index is 11.9. The smallest absolute Gasteiger partial charge is 0.228 e. The second-order valence-corrected chi connectivity index (χ2v) is 3.97. The summed E-state index contributed by atoms with van der Waals surface area (Å²) in [4.78, 5) is 11.9. The van der Waals surface area contributed by atoms with Crippen LogP contribution in [-0.2, 0) is 4.79 Å². The molecule has 1 rings (SSSR count). The summed E-state index contributed by atoms with van der Waals surface area (Å²) in [6, 6.07) is 11.5. The summed E-state index contributed by atoms with van der Waals surface area (Å²) in [6.45, 7) is 2.38. The number of amides is 1. The predicted molar refractivity (Wildman–Crippen MR) is 66.0 cm³/mol. The van der Waals surface area contributed by atoms with Crippen molar-refractivity contribution in [2.45, 2.75) is 12.8 Å². The van der Waals surface area contributed by atoms with Gasteiger partial charge in [0.2, 0.25) is 5.91 Å². The van der Waals surface area contributed by atoms with Crippen LogP contribution in [0.5, 0.6) is 0 Å². The van der Waals surface area contributed by atoms with Crippen molar-refractivity contribution < 1.29 is 4.79 Å². The molecule has 0 heterocycles. The van der Waals surface area contributed by atoms with E-state index in [1.807, 2.05) is 30.3 Å². The number of carbonyl (C=O) groups excluding carboxylic acids is 1. The molecule has 1 aromatic rings. The minimum Gasteiger partial charge on any atom is -0.354 e. The quantitative estimate of drug-likeness (QED) is 0.793. The standard InChI is InChI=1S/C13H17N3O/c1-10(7-14)9-16-13(17)12(8-15)11-5-3-2-4-6-11/h2-6,10,12H,8-9,15H2,1H3,(H,16,17). The van der Waals surface area contributed by atoms with Crippen LogP contribution in [0.4, 0.5) is 0 Å². The van der Waals surface area contributed by atoms with E-state index in [-0.39, 0.29) is 24.3 Å². The Kier molecular flexibility index (Phi) is 5.18. The van der Waals surface area contributed by atoms with Crippen LogP contribution in [0.15, 0.2) is 30.3 Å². The molecule has 1 aromatic carbocycles. The maximum Gasteiger partial charge on any atom is 0.228 e. The van der Waals surface area contributed by atoms with Gasteiger partial charge in [-0.1, -0.05) is 30.3 Å². The van der Waals surface area contributed by atoms with Crippen LogP contribution in [-0.4, -0.2) is 19.0 Å². The molecule has 17 heavy (non-hydrogen) atoms. The third-order valence-electron chi connectivity index (χ3n) is 2.56. The molecule has 0 aromatic heterocycles. The molecule has 1 amide bonds. The van der Waals surface area contributed by atoms with E-state index < -0.39 is 0 Å². The summed E-state index contributed by atoms with van der Waals surface area (Å²) in [5.41, 5.74) is 6.52. The molecule has 3 N–H and O–H groups in total. The minimum absolute atomic E-state index is 0.124. The largest absolute Gasteiger partial charge is 0.354 e. The Bertz CT molecular complexity index is 397. The molecule has 4 nitrogen and oxygen atoms in total. The van der Waals surface area contributed by atoms with Gasteiger partial charge in [0.25, 0.3) is 0 Å². The lowest BCUT2D eigenvalue weighted by atomic mass is 9.98. The van der Waals surface area contributed by atoms with E-state index in [9.17, 15) is 4.79 Å². The molecule has 4 heteroatoms. The molecule has 0 aliphatic carbocycles. The molecule has 0 spiro atoms. The van der Waals surface area contributed by atoms with Crippen molar-refractivity contribution in [3.05, 3.63) is 35.9 Å². The fourth-order valence-electron chi connectivity index (χ4n) is 1.50. The lowest BCUT2D eigenvalue weighted by Gasteiger charge is -2.15. The Balaban J connectivity index is 2.63. The Hall–Kier alpha value is -1.86.